The molecule has 6 heteroatoms. The van der Waals surface area contributed by atoms with Crippen molar-refractivity contribution in [2.45, 2.75) is 25.8 Å². The Kier molecular flexibility index (Phi) is 6.31. The van der Waals surface area contributed by atoms with Crippen molar-refractivity contribution < 1.29 is 19.4 Å². The van der Waals surface area contributed by atoms with E-state index in [0.29, 0.717) is 30.2 Å². The van der Waals surface area contributed by atoms with Gasteiger partial charge in [-0.1, -0.05) is 36.4 Å². The van der Waals surface area contributed by atoms with E-state index in [1.165, 1.54) is 4.90 Å². The van der Waals surface area contributed by atoms with Crippen molar-refractivity contribution in [3.05, 3.63) is 102 Å². The predicted molar refractivity (Wildman–Crippen MR) is 121 cm³/mol. The lowest BCUT2D eigenvalue weighted by Crippen LogP contribution is -2.31. The molecule has 0 saturated carbocycles. The zero-order valence-corrected chi connectivity index (χ0v) is 17.8. The zero-order chi connectivity index (χ0) is 22.5. The zero-order valence-electron chi connectivity index (χ0n) is 17.8. The van der Waals surface area contributed by atoms with Gasteiger partial charge in [-0.05, 0) is 55.3 Å². The topological polar surface area (TPSA) is 79.7 Å². The highest BCUT2D eigenvalue weighted by atomic mass is 16.5. The quantitative estimate of drug-likeness (QED) is 0.568. The van der Waals surface area contributed by atoms with Crippen molar-refractivity contribution in [3.63, 3.8) is 0 Å². The van der Waals surface area contributed by atoms with Crippen molar-refractivity contribution in [2.24, 2.45) is 0 Å². The molecular formula is C26H24N2O4. The summed E-state index contributed by atoms with van der Waals surface area (Å²) < 4.78 is 5.49. The third-order valence-electron chi connectivity index (χ3n) is 5.39. The van der Waals surface area contributed by atoms with Gasteiger partial charge in [0.1, 0.15) is 11.8 Å². The van der Waals surface area contributed by atoms with Gasteiger partial charge in [0.05, 0.1) is 17.9 Å². The molecule has 0 fully saturated rings. The predicted octanol–water partition coefficient (Wildman–Crippen LogP) is 4.58. The number of carbonyl (C=O) groups excluding carboxylic acids is 2. The number of benzene rings is 2. The van der Waals surface area contributed by atoms with Gasteiger partial charge in [0.15, 0.2) is 11.5 Å². The maximum atomic E-state index is 13.2. The van der Waals surface area contributed by atoms with Crippen LogP contribution in [0, 0.1) is 0 Å². The van der Waals surface area contributed by atoms with Gasteiger partial charge in [-0.2, -0.15) is 0 Å². The fourth-order valence-corrected chi connectivity index (χ4v) is 3.88. The van der Waals surface area contributed by atoms with Gasteiger partial charge in [-0.25, -0.2) is 0 Å². The molecule has 1 atom stereocenters. The number of pyridine rings is 1. The Morgan fingerprint density at radius 3 is 2.41 bits per heavy atom. The molecule has 1 aromatic heterocycles. The van der Waals surface area contributed by atoms with Crippen LogP contribution >= 0.6 is 0 Å². The first-order valence-corrected chi connectivity index (χ1v) is 10.6. The maximum absolute atomic E-state index is 13.2. The van der Waals surface area contributed by atoms with Crippen LogP contribution in [0.2, 0.25) is 0 Å². The van der Waals surface area contributed by atoms with Crippen LogP contribution in [0.15, 0.2) is 90.3 Å². The molecule has 0 bridgehead atoms. The number of aliphatic hydroxyl groups is 1. The first kappa shape index (κ1) is 21.3. The van der Waals surface area contributed by atoms with Crippen LogP contribution in [0.3, 0.4) is 0 Å². The minimum absolute atomic E-state index is 0.0820. The molecule has 1 amide bonds. The fraction of sp³-hybridized carbons (Fsp3) is 0.192. The number of hydrogen-bond donors (Lipinski definition) is 1. The SMILES string of the molecule is CCOc1ccc(N2C(=O)C(O)=C(C(=O)CCc3ccccc3)C2c2ccccn2)cc1. The summed E-state index contributed by atoms with van der Waals surface area (Å²) in [4.78, 5) is 32.1. The summed E-state index contributed by atoms with van der Waals surface area (Å²) in [6.45, 7) is 2.42. The molecule has 1 unspecified atom stereocenters. The monoisotopic (exact) mass is 428 g/mol. The number of Topliss-reactive ketones (excluding diaryl/α,β-unsaturated/α-hetero) is 1. The van der Waals surface area contributed by atoms with Crippen LogP contribution in [-0.4, -0.2) is 28.4 Å². The Balaban J connectivity index is 1.68. The fourth-order valence-electron chi connectivity index (χ4n) is 3.88. The van der Waals surface area contributed by atoms with E-state index in [9.17, 15) is 14.7 Å². The van der Waals surface area contributed by atoms with Gasteiger partial charge in [0, 0.05) is 18.3 Å². The minimum Gasteiger partial charge on any atom is -0.503 e. The number of amides is 1. The molecule has 1 aliphatic heterocycles. The van der Waals surface area contributed by atoms with Crippen LogP contribution in [0.4, 0.5) is 5.69 Å². The van der Waals surface area contributed by atoms with Crippen LogP contribution in [-0.2, 0) is 16.0 Å². The average Bonchev–Trinajstić information content (AvgIpc) is 3.10. The molecule has 6 nitrogen and oxygen atoms in total. The summed E-state index contributed by atoms with van der Waals surface area (Å²) in [5.74, 6) is -0.738. The molecule has 1 N–H and O–H groups in total. The number of rotatable bonds is 8. The Morgan fingerprint density at radius 1 is 1.03 bits per heavy atom. The lowest BCUT2D eigenvalue weighted by molar-refractivity contribution is -0.118. The van der Waals surface area contributed by atoms with E-state index in [1.807, 2.05) is 37.3 Å². The van der Waals surface area contributed by atoms with E-state index in [-0.39, 0.29) is 17.8 Å². The summed E-state index contributed by atoms with van der Waals surface area (Å²) in [5, 5.41) is 10.7. The molecular weight excluding hydrogens is 404 g/mol. The smallest absolute Gasteiger partial charge is 0.294 e. The molecule has 0 aliphatic carbocycles. The van der Waals surface area contributed by atoms with Gasteiger partial charge in [-0.15, -0.1) is 0 Å². The summed E-state index contributed by atoms with van der Waals surface area (Å²) in [7, 11) is 0. The number of nitrogens with zero attached hydrogens (tertiary/aromatic N) is 2. The number of hydrogen-bond acceptors (Lipinski definition) is 5. The second-order valence-corrected chi connectivity index (χ2v) is 7.43. The van der Waals surface area contributed by atoms with Crippen LogP contribution in [0.1, 0.15) is 30.6 Å². The van der Waals surface area contributed by atoms with Gasteiger partial charge in [0.25, 0.3) is 5.91 Å². The average molecular weight is 428 g/mol. The van der Waals surface area contributed by atoms with Crippen LogP contribution in [0.25, 0.3) is 0 Å². The third-order valence-corrected chi connectivity index (χ3v) is 5.39. The van der Waals surface area contributed by atoms with Crippen molar-refractivity contribution in [3.8, 4) is 5.75 Å². The molecule has 3 aromatic rings. The van der Waals surface area contributed by atoms with E-state index in [4.69, 9.17) is 4.74 Å². The van der Waals surface area contributed by atoms with Crippen LogP contribution in [0.5, 0.6) is 5.75 Å². The van der Waals surface area contributed by atoms with Gasteiger partial charge in [-0.3, -0.25) is 19.5 Å². The standard InChI is InChI=1S/C26H24N2O4/c1-2-32-20-14-12-19(13-15-20)28-24(21-10-6-7-17-27-21)23(25(30)26(28)31)22(29)16-11-18-8-4-3-5-9-18/h3-10,12-15,17,24,30H,2,11,16H2,1H3. The minimum atomic E-state index is -0.801. The highest BCUT2D eigenvalue weighted by Crippen LogP contribution is 2.41. The largest absolute Gasteiger partial charge is 0.503 e. The van der Waals surface area contributed by atoms with E-state index in [1.54, 1.807) is 48.7 Å². The summed E-state index contributed by atoms with van der Waals surface area (Å²) >= 11 is 0. The van der Waals surface area contributed by atoms with E-state index in [0.717, 1.165) is 5.56 Å². The summed E-state index contributed by atoms with van der Waals surface area (Å²) in [6, 6.07) is 21.2. The van der Waals surface area contributed by atoms with Crippen molar-refractivity contribution in [2.75, 3.05) is 11.5 Å². The van der Waals surface area contributed by atoms with E-state index in [2.05, 4.69) is 4.98 Å². The van der Waals surface area contributed by atoms with Crippen molar-refractivity contribution in [1.29, 1.82) is 0 Å². The molecule has 0 spiro atoms. The molecule has 32 heavy (non-hydrogen) atoms. The summed E-state index contributed by atoms with van der Waals surface area (Å²) in [5.41, 5.74) is 2.16. The molecule has 0 saturated heterocycles. The number of ketones is 1. The molecule has 2 aromatic carbocycles. The number of aliphatic hydroxyl groups excluding tert-OH is 1. The number of ether oxygens (including phenoxy) is 1. The number of anilines is 1. The van der Waals surface area contributed by atoms with E-state index < -0.39 is 17.7 Å². The Labute approximate surface area is 186 Å². The van der Waals surface area contributed by atoms with Crippen molar-refractivity contribution >= 4 is 17.4 Å². The van der Waals surface area contributed by atoms with Gasteiger partial charge < -0.3 is 9.84 Å². The molecule has 2 heterocycles. The number of aromatic nitrogens is 1. The van der Waals surface area contributed by atoms with Crippen molar-refractivity contribution in [1.82, 2.24) is 4.98 Å². The normalized spacial score (nSPS) is 15.8. The van der Waals surface area contributed by atoms with Gasteiger partial charge >= 0.3 is 0 Å². The second-order valence-electron chi connectivity index (χ2n) is 7.43. The Morgan fingerprint density at radius 2 is 1.75 bits per heavy atom. The Hall–Kier alpha value is -3.93. The highest BCUT2D eigenvalue weighted by Gasteiger charge is 2.44. The molecule has 162 valence electrons. The van der Waals surface area contributed by atoms with Crippen LogP contribution < -0.4 is 9.64 Å². The van der Waals surface area contributed by atoms with Gasteiger partial charge in [0.2, 0.25) is 0 Å². The number of carbonyl (C=O) groups is 2. The highest BCUT2D eigenvalue weighted by molar-refractivity contribution is 6.16. The summed E-state index contributed by atoms with van der Waals surface area (Å²) in [6.07, 6.45) is 2.30. The third kappa shape index (κ3) is 4.25. The molecule has 0 radical (unpaired) electrons. The second kappa shape index (κ2) is 9.47. The lowest BCUT2D eigenvalue weighted by atomic mass is 9.95. The maximum Gasteiger partial charge on any atom is 0.294 e. The van der Waals surface area contributed by atoms with E-state index >= 15 is 0 Å². The Bertz CT molecular complexity index is 1130. The molecule has 4 rings (SSSR count). The molecule has 1 aliphatic rings. The first-order valence-electron chi connectivity index (χ1n) is 10.6. The number of aryl methyl sites for hydroxylation is 1. The first-order chi connectivity index (χ1) is 15.6. The lowest BCUT2D eigenvalue weighted by Gasteiger charge is -2.26.